The Morgan fingerprint density at radius 1 is 1.07 bits per heavy atom. The lowest BCUT2D eigenvalue weighted by molar-refractivity contribution is -0.126. The fourth-order valence-corrected chi connectivity index (χ4v) is 4.53. The Kier molecular flexibility index (Phi) is 6.14. The minimum Gasteiger partial charge on any atom is -0.496 e. The standard InChI is InChI=1S/C24H23N3O2S/c1-3-22-23(28)27(16-19-12-8-11-17-9-4-6-13-20(17)19)24(30-22)26-25-15-18-10-5-7-14-21(18)29-2/h4-15,22H,3,16H2,1-2H3. The summed E-state index contributed by atoms with van der Waals surface area (Å²) in [6, 6.07) is 22.0. The van der Waals surface area contributed by atoms with E-state index in [1.165, 1.54) is 11.8 Å². The second kappa shape index (κ2) is 9.13. The van der Waals surface area contributed by atoms with Crippen molar-refractivity contribution in [1.29, 1.82) is 0 Å². The Labute approximate surface area is 180 Å². The minimum atomic E-state index is -0.125. The molecule has 152 valence electrons. The third kappa shape index (κ3) is 4.09. The molecule has 0 radical (unpaired) electrons. The first-order valence-electron chi connectivity index (χ1n) is 9.90. The molecule has 1 aliphatic rings. The van der Waals surface area contributed by atoms with E-state index in [4.69, 9.17) is 4.74 Å². The van der Waals surface area contributed by atoms with Crippen LogP contribution >= 0.6 is 11.8 Å². The molecule has 1 heterocycles. The zero-order valence-electron chi connectivity index (χ0n) is 17.0. The van der Waals surface area contributed by atoms with Crippen LogP contribution in [0.3, 0.4) is 0 Å². The summed E-state index contributed by atoms with van der Waals surface area (Å²) in [7, 11) is 1.63. The number of amidine groups is 1. The van der Waals surface area contributed by atoms with Crippen LogP contribution in [-0.2, 0) is 11.3 Å². The van der Waals surface area contributed by atoms with E-state index in [1.807, 2.05) is 49.4 Å². The van der Waals surface area contributed by atoms with Gasteiger partial charge < -0.3 is 4.74 Å². The highest BCUT2D eigenvalue weighted by atomic mass is 32.2. The molecule has 0 N–H and O–H groups in total. The predicted molar refractivity (Wildman–Crippen MR) is 124 cm³/mol. The van der Waals surface area contributed by atoms with Crippen molar-refractivity contribution in [3.63, 3.8) is 0 Å². The van der Waals surface area contributed by atoms with Crippen LogP contribution in [0.15, 0.2) is 76.9 Å². The molecule has 1 saturated heterocycles. The molecule has 1 atom stereocenters. The zero-order chi connectivity index (χ0) is 20.9. The van der Waals surface area contributed by atoms with Crippen molar-refractivity contribution in [3.8, 4) is 5.75 Å². The van der Waals surface area contributed by atoms with Crippen molar-refractivity contribution in [3.05, 3.63) is 77.9 Å². The van der Waals surface area contributed by atoms with Crippen LogP contribution in [0.25, 0.3) is 10.8 Å². The fourth-order valence-electron chi connectivity index (χ4n) is 3.50. The SMILES string of the molecule is CCC1SC(=NN=Cc2ccccc2OC)N(Cc2cccc3ccccc23)C1=O. The lowest BCUT2D eigenvalue weighted by Gasteiger charge is -2.17. The average molecular weight is 418 g/mol. The van der Waals surface area contributed by atoms with E-state index < -0.39 is 0 Å². The summed E-state index contributed by atoms with van der Waals surface area (Å²) in [6.45, 7) is 2.50. The molecule has 1 aliphatic heterocycles. The lowest BCUT2D eigenvalue weighted by atomic mass is 10.0. The van der Waals surface area contributed by atoms with Crippen LogP contribution in [0.2, 0.25) is 0 Å². The monoisotopic (exact) mass is 417 g/mol. The van der Waals surface area contributed by atoms with Crippen LogP contribution in [-0.4, -0.2) is 34.5 Å². The molecule has 6 heteroatoms. The first-order valence-corrected chi connectivity index (χ1v) is 10.8. The molecule has 5 nitrogen and oxygen atoms in total. The molecule has 4 rings (SSSR count). The van der Waals surface area contributed by atoms with Gasteiger partial charge in [-0.15, -0.1) is 5.10 Å². The van der Waals surface area contributed by atoms with E-state index in [1.54, 1.807) is 18.2 Å². The topological polar surface area (TPSA) is 54.3 Å². The number of para-hydroxylation sites is 1. The van der Waals surface area contributed by atoms with Gasteiger partial charge in [-0.05, 0) is 34.9 Å². The predicted octanol–water partition coefficient (Wildman–Crippen LogP) is 5.09. The number of thioether (sulfide) groups is 1. The van der Waals surface area contributed by atoms with Gasteiger partial charge in [-0.25, -0.2) is 0 Å². The summed E-state index contributed by atoms with van der Waals surface area (Å²) < 4.78 is 5.35. The molecule has 1 amide bonds. The van der Waals surface area contributed by atoms with Gasteiger partial charge >= 0.3 is 0 Å². The number of ether oxygens (including phenoxy) is 1. The highest BCUT2D eigenvalue weighted by Gasteiger charge is 2.37. The van der Waals surface area contributed by atoms with Crippen molar-refractivity contribution < 1.29 is 9.53 Å². The Balaban J connectivity index is 1.63. The molecular formula is C24H23N3O2S. The summed E-state index contributed by atoms with van der Waals surface area (Å²) in [5, 5.41) is 11.5. The van der Waals surface area contributed by atoms with E-state index >= 15 is 0 Å². The molecule has 0 aliphatic carbocycles. The molecule has 0 spiro atoms. The smallest absolute Gasteiger partial charge is 0.242 e. The fraction of sp³-hybridized carbons (Fsp3) is 0.208. The highest BCUT2D eigenvalue weighted by Crippen LogP contribution is 2.32. The maximum absolute atomic E-state index is 13.0. The van der Waals surface area contributed by atoms with Gasteiger partial charge in [0.25, 0.3) is 0 Å². The molecule has 1 fully saturated rings. The number of hydrogen-bond acceptors (Lipinski definition) is 5. The van der Waals surface area contributed by atoms with E-state index in [2.05, 4.69) is 34.5 Å². The largest absolute Gasteiger partial charge is 0.496 e. The average Bonchev–Trinajstić information content (AvgIpc) is 3.09. The molecule has 1 unspecified atom stereocenters. The summed E-state index contributed by atoms with van der Waals surface area (Å²) in [6.07, 6.45) is 2.41. The minimum absolute atomic E-state index is 0.0849. The molecule has 0 aromatic heterocycles. The Morgan fingerprint density at radius 2 is 1.83 bits per heavy atom. The van der Waals surface area contributed by atoms with E-state index in [0.29, 0.717) is 11.7 Å². The van der Waals surface area contributed by atoms with E-state index in [-0.39, 0.29) is 11.2 Å². The maximum Gasteiger partial charge on any atom is 0.242 e. The number of fused-ring (bicyclic) bond motifs is 1. The third-order valence-corrected chi connectivity index (χ3v) is 6.41. The quantitative estimate of drug-likeness (QED) is 0.415. The van der Waals surface area contributed by atoms with Gasteiger partial charge in [0, 0.05) is 5.56 Å². The molecule has 3 aromatic rings. The van der Waals surface area contributed by atoms with Crippen molar-refractivity contribution >= 4 is 39.8 Å². The van der Waals surface area contributed by atoms with Gasteiger partial charge in [0.15, 0.2) is 5.17 Å². The lowest BCUT2D eigenvalue weighted by Crippen LogP contribution is -2.31. The normalized spacial score (nSPS) is 18.1. The summed E-state index contributed by atoms with van der Waals surface area (Å²) >= 11 is 1.48. The van der Waals surface area contributed by atoms with Crippen LogP contribution in [0.4, 0.5) is 0 Å². The van der Waals surface area contributed by atoms with E-state index in [9.17, 15) is 4.79 Å². The van der Waals surface area contributed by atoms with Crippen molar-refractivity contribution in [2.24, 2.45) is 10.2 Å². The zero-order valence-corrected chi connectivity index (χ0v) is 17.8. The van der Waals surface area contributed by atoms with Gasteiger partial charge in [-0.3, -0.25) is 9.69 Å². The highest BCUT2D eigenvalue weighted by molar-refractivity contribution is 8.15. The number of methoxy groups -OCH3 is 1. The number of carbonyl (C=O) groups is 1. The molecule has 0 saturated carbocycles. The van der Waals surface area contributed by atoms with Gasteiger partial charge in [-0.1, -0.05) is 73.3 Å². The van der Waals surface area contributed by atoms with Gasteiger partial charge in [0.1, 0.15) is 5.75 Å². The first-order chi connectivity index (χ1) is 14.7. The Hall–Kier alpha value is -3.12. The number of hydrogen-bond donors (Lipinski definition) is 0. The van der Waals surface area contributed by atoms with Gasteiger partial charge in [-0.2, -0.15) is 5.10 Å². The van der Waals surface area contributed by atoms with Crippen LogP contribution in [0, 0.1) is 0 Å². The number of benzene rings is 3. The van der Waals surface area contributed by atoms with Crippen LogP contribution < -0.4 is 4.74 Å². The Morgan fingerprint density at radius 3 is 2.67 bits per heavy atom. The number of rotatable bonds is 6. The number of nitrogens with zero attached hydrogens (tertiary/aromatic N) is 3. The van der Waals surface area contributed by atoms with Crippen molar-refractivity contribution in [2.45, 2.75) is 25.1 Å². The summed E-state index contributed by atoms with van der Waals surface area (Å²) in [4.78, 5) is 14.7. The second-order valence-corrected chi connectivity index (χ2v) is 8.12. The molecule has 0 bridgehead atoms. The summed E-state index contributed by atoms with van der Waals surface area (Å²) in [5.74, 6) is 0.817. The van der Waals surface area contributed by atoms with Crippen molar-refractivity contribution in [1.82, 2.24) is 4.90 Å². The summed E-state index contributed by atoms with van der Waals surface area (Å²) in [5.41, 5.74) is 1.94. The van der Waals surface area contributed by atoms with Gasteiger partial charge in [0.2, 0.25) is 5.91 Å². The number of carbonyl (C=O) groups excluding carboxylic acids is 1. The molecular weight excluding hydrogens is 394 g/mol. The van der Waals surface area contributed by atoms with Gasteiger partial charge in [0.05, 0.1) is 25.1 Å². The van der Waals surface area contributed by atoms with Crippen molar-refractivity contribution in [2.75, 3.05) is 7.11 Å². The molecule has 3 aromatic carbocycles. The third-order valence-electron chi connectivity index (χ3n) is 5.08. The maximum atomic E-state index is 13.0. The van der Waals surface area contributed by atoms with Crippen LogP contribution in [0.1, 0.15) is 24.5 Å². The Bertz CT molecular complexity index is 1120. The number of amides is 1. The second-order valence-electron chi connectivity index (χ2n) is 6.95. The van der Waals surface area contributed by atoms with Crippen LogP contribution in [0.5, 0.6) is 5.75 Å². The molecule has 30 heavy (non-hydrogen) atoms. The van der Waals surface area contributed by atoms with E-state index in [0.717, 1.165) is 34.1 Å². The first kappa shape index (κ1) is 20.2.